The molecule has 0 saturated carbocycles. The molecule has 2 heterocycles. The predicted molar refractivity (Wildman–Crippen MR) is 81.5 cm³/mol. The number of nitrogens with zero attached hydrogens (tertiary/aromatic N) is 2. The van der Waals surface area contributed by atoms with Gasteiger partial charge in [-0.05, 0) is 60.3 Å². The van der Waals surface area contributed by atoms with E-state index < -0.39 is 0 Å². The second-order valence-corrected chi connectivity index (χ2v) is 5.76. The minimum atomic E-state index is 0.381. The summed E-state index contributed by atoms with van der Waals surface area (Å²) in [6.45, 7) is 5.59. The van der Waals surface area contributed by atoms with E-state index >= 15 is 0 Å². The normalized spacial score (nSPS) is 16.9. The minimum Gasteiger partial charge on any atom is -0.378 e. The average Bonchev–Trinajstić information content (AvgIpc) is 2.43. The second-order valence-electron chi connectivity index (χ2n) is 4.96. The predicted octanol–water partition coefficient (Wildman–Crippen LogP) is 2.49. The maximum atomic E-state index is 5.82. The number of piperidine rings is 1. The molecule has 1 aromatic heterocycles. The van der Waals surface area contributed by atoms with Crippen molar-refractivity contribution < 1.29 is 4.74 Å². The van der Waals surface area contributed by atoms with E-state index in [1.54, 1.807) is 0 Å². The minimum absolute atomic E-state index is 0.381. The number of aryl methyl sites for hydroxylation is 1. The standard InChI is InChI=1S/C14H22BrN3O/c1-11-3-7-17-14(13(11)15)18-8-4-12(5-9-18)19-10-2-6-16/h3,7,12H,2,4-6,8-10,16H2,1H3. The molecular weight excluding hydrogens is 306 g/mol. The molecule has 5 heteroatoms. The molecule has 1 aromatic rings. The highest BCUT2D eigenvalue weighted by Gasteiger charge is 2.22. The molecule has 0 unspecified atom stereocenters. The third kappa shape index (κ3) is 3.91. The molecular formula is C14H22BrN3O. The summed E-state index contributed by atoms with van der Waals surface area (Å²) in [6.07, 6.45) is 5.33. The summed E-state index contributed by atoms with van der Waals surface area (Å²) in [5.74, 6) is 1.06. The first kappa shape index (κ1) is 14.8. The van der Waals surface area contributed by atoms with Gasteiger partial charge in [0.15, 0.2) is 0 Å². The first-order chi connectivity index (χ1) is 9.22. The lowest BCUT2D eigenvalue weighted by Gasteiger charge is -2.33. The summed E-state index contributed by atoms with van der Waals surface area (Å²) < 4.78 is 6.93. The van der Waals surface area contributed by atoms with Gasteiger partial charge in [-0.1, -0.05) is 0 Å². The van der Waals surface area contributed by atoms with Crippen molar-refractivity contribution in [1.82, 2.24) is 4.98 Å². The number of anilines is 1. The molecule has 0 radical (unpaired) electrons. The zero-order chi connectivity index (χ0) is 13.7. The van der Waals surface area contributed by atoms with Crippen LogP contribution in [0.2, 0.25) is 0 Å². The maximum Gasteiger partial charge on any atom is 0.143 e. The summed E-state index contributed by atoms with van der Waals surface area (Å²) in [5.41, 5.74) is 6.70. The molecule has 1 fully saturated rings. The Bertz CT molecular complexity index is 406. The Morgan fingerprint density at radius 2 is 2.21 bits per heavy atom. The van der Waals surface area contributed by atoms with E-state index in [0.717, 1.165) is 49.2 Å². The summed E-state index contributed by atoms with van der Waals surface area (Å²) in [4.78, 5) is 6.82. The summed E-state index contributed by atoms with van der Waals surface area (Å²) >= 11 is 3.63. The van der Waals surface area contributed by atoms with Crippen LogP contribution in [0.4, 0.5) is 5.82 Å². The molecule has 2 rings (SSSR count). The van der Waals surface area contributed by atoms with Crippen LogP contribution in [0, 0.1) is 6.92 Å². The van der Waals surface area contributed by atoms with E-state index in [1.165, 1.54) is 5.56 Å². The van der Waals surface area contributed by atoms with Gasteiger partial charge in [-0.15, -0.1) is 0 Å². The van der Waals surface area contributed by atoms with Crippen molar-refractivity contribution in [3.63, 3.8) is 0 Å². The fourth-order valence-electron chi connectivity index (χ4n) is 2.31. The van der Waals surface area contributed by atoms with Crippen molar-refractivity contribution in [2.45, 2.75) is 32.3 Å². The number of ether oxygens (including phenoxy) is 1. The lowest BCUT2D eigenvalue weighted by atomic mass is 10.1. The van der Waals surface area contributed by atoms with E-state index in [-0.39, 0.29) is 0 Å². The van der Waals surface area contributed by atoms with E-state index in [0.29, 0.717) is 12.6 Å². The lowest BCUT2D eigenvalue weighted by Crippen LogP contribution is -2.38. The van der Waals surface area contributed by atoms with Gasteiger partial charge in [0.1, 0.15) is 5.82 Å². The molecule has 106 valence electrons. The number of halogens is 1. The van der Waals surface area contributed by atoms with Crippen LogP contribution in [0.15, 0.2) is 16.7 Å². The Morgan fingerprint density at radius 1 is 1.47 bits per heavy atom. The Morgan fingerprint density at radius 3 is 2.89 bits per heavy atom. The van der Waals surface area contributed by atoms with Crippen molar-refractivity contribution >= 4 is 21.7 Å². The molecule has 19 heavy (non-hydrogen) atoms. The van der Waals surface area contributed by atoms with Crippen LogP contribution in [0.3, 0.4) is 0 Å². The summed E-state index contributed by atoms with van der Waals surface area (Å²) in [6, 6.07) is 2.02. The topological polar surface area (TPSA) is 51.4 Å². The van der Waals surface area contributed by atoms with Gasteiger partial charge in [0.05, 0.1) is 10.6 Å². The third-order valence-electron chi connectivity index (χ3n) is 3.51. The van der Waals surface area contributed by atoms with Crippen LogP contribution in [0.1, 0.15) is 24.8 Å². The maximum absolute atomic E-state index is 5.82. The van der Waals surface area contributed by atoms with Crippen LogP contribution < -0.4 is 10.6 Å². The van der Waals surface area contributed by atoms with Crippen LogP contribution >= 0.6 is 15.9 Å². The molecule has 0 aliphatic carbocycles. The molecule has 1 aliphatic heterocycles. The van der Waals surface area contributed by atoms with Crippen LogP contribution in [-0.2, 0) is 4.74 Å². The summed E-state index contributed by atoms with van der Waals surface area (Å²) in [5, 5.41) is 0. The Kier molecular flexibility index (Phi) is 5.60. The molecule has 1 aliphatic rings. The number of rotatable bonds is 5. The molecule has 0 aromatic carbocycles. The zero-order valence-corrected chi connectivity index (χ0v) is 13.0. The van der Waals surface area contributed by atoms with Gasteiger partial charge in [0, 0.05) is 25.9 Å². The first-order valence-corrected chi connectivity index (χ1v) is 7.69. The Hall–Kier alpha value is -0.650. The quantitative estimate of drug-likeness (QED) is 0.844. The largest absolute Gasteiger partial charge is 0.378 e. The van der Waals surface area contributed by atoms with Crippen molar-refractivity contribution in [3.05, 3.63) is 22.3 Å². The number of hydrogen-bond acceptors (Lipinski definition) is 4. The Balaban J connectivity index is 1.87. The zero-order valence-electron chi connectivity index (χ0n) is 11.4. The molecule has 0 atom stereocenters. The van der Waals surface area contributed by atoms with Gasteiger partial charge in [-0.2, -0.15) is 0 Å². The molecule has 4 nitrogen and oxygen atoms in total. The van der Waals surface area contributed by atoms with Gasteiger partial charge >= 0.3 is 0 Å². The van der Waals surface area contributed by atoms with Gasteiger partial charge < -0.3 is 15.4 Å². The van der Waals surface area contributed by atoms with E-state index in [2.05, 4.69) is 32.7 Å². The molecule has 0 spiro atoms. The highest BCUT2D eigenvalue weighted by atomic mass is 79.9. The molecule has 1 saturated heterocycles. The Labute approximate surface area is 123 Å². The lowest BCUT2D eigenvalue weighted by molar-refractivity contribution is 0.0365. The average molecular weight is 328 g/mol. The second kappa shape index (κ2) is 7.22. The molecule has 2 N–H and O–H groups in total. The van der Waals surface area contributed by atoms with Gasteiger partial charge in [-0.3, -0.25) is 0 Å². The van der Waals surface area contributed by atoms with Crippen molar-refractivity contribution in [1.29, 1.82) is 0 Å². The number of aromatic nitrogens is 1. The molecule has 0 bridgehead atoms. The van der Waals surface area contributed by atoms with Crippen LogP contribution in [-0.4, -0.2) is 37.3 Å². The number of nitrogens with two attached hydrogens (primary N) is 1. The van der Waals surface area contributed by atoms with E-state index in [1.807, 2.05) is 12.3 Å². The van der Waals surface area contributed by atoms with Gasteiger partial charge in [0.2, 0.25) is 0 Å². The van der Waals surface area contributed by atoms with Crippen molar-refractivity contribution in [3.8, 4) is 0 Å². The monoisotopic (exact) mass is 327 g/mol. The van der Waals surface area contributed by atoms with Crippen LogP contribution in [0.5, 0.6) is 0 Å². The van der Waals surface area contributed by atoms with Crippen LogP contribution in [0.25, 0.3) is 0 Å². The van der Waals surface area contributed by atoms with Gasteiger partial charge in [-0.25, -0.2) is 4.98 Å². The molecule has 0 amide bonds. The smallest absolute Gasteiger partial charge is 0.143 e. The van der Waals surface area contributed by atoms with Crippen molar-refractivity contribution in [2.24, 2.45) is 5.73 Å². The fourth-order valence-corrected chi connectivity index (χ4v) is 2.80. The number of pyridine rings is 1. The number of hydrogen-bond donors (Lipinski definition) is 1. The highest BCUT2D eigenvalue weighted by Crippen LogP contribution is 2.29. The third-order valence-corrected chi connectivity index (χ3v) is 4.49. The van der Waals surface area contributed by atoms with Crippen molar-refractivity contribution in [2.75, 3.05) is 31.1 Å². The van der Waals surface area contributed by atoms with E-state index in [4.69, 9.17) is 10.5 Å². The first-order valence-electron chi connectivity index (χ1n) is 6.90. The fraction of sp³-hybridized carbons (Fsp3) is 0.643. The van der Waals surface area contributed by atoms with Gasteiger partial charge in [0.25, 0.3) is 0 Å². The SMILES string of the molecule is Cc1ccnc(N2CCC(OCCCN)CC2)c1Br. The summed E-state index contributed by atoms with van der Waals surface area (Å²) in [7, 11) is 0. The van der Waals surface area contributed by atoms with E-state index in [9.17, 15) is 0 Å². The highest BCUT2D eigenvalue weighted by molar-refractivity contribution is 9.10.